The molecule has 1 saturated heterocycles. The lowest BCUT2D eigenvalue weighted by molar-refractivity contribution is -0.139. The van der Waals surface area contributed by atoms with Crippen LogP contribution in [-0.4, -0.2) is 28.5 Å². The second kappa shape index (κ2) is 7.12. The number of amides is 4. The van der Waals surface area contributed by atoms with E-state index in [1.807, 2.05) is 30.3 Å². The summed E-state index contributed by atoms with van der Waals surface area (Å²) in [6, 6.07) is 11.9. The maximum Gasteiger partial charge on any atom is 0.331 e. The maximum atomic E-state index is 12.7. The van der Waals surface area contributed by atoms with Crippen molar-refractivity contribution in [1.29, 1.82) is 0 Å². The summed E-state index contributed by atoms with van der Waals surface area (Å²) in [5.41, 5.74) is 1.13. The number of urea groups is 1. The third kappa shape index (κ3) is 3.65. The van der Waals surface area contributed by atoms with Crippen molar-refractivity contribution in [2.75, 3.05) is 0 Å². The summed E-state index contributed by atoms with van der Waals surface area (Å²) >= 11 is 0. The molecule has 3 rings (SSSR count). The molecule has 25 heavy (non-hydrogen) atoms. The molecule has 1 aliphatic rings. The number of aliphatic imine (C=N–C) groups is 1. The van der Waals surface area contributed by atoms with Crippen LogP contribution in [0.5, 0.6) is 0 Å². The van der Waals surface area contributed by atoms with Gasteiger partial charge in [-0.25, -0.2) is 4.79 Å². The van der Waals surface area contributed by atoms with E-state index in [4.69, 9.17) is 4.42 Å². The third-order valence-electron chi connectivity index (χ3n) is 3.92. The number of hydrogen-bond acceptors (Lipinski definition) is 5. The number of nitrogens with one attached hydrogen (secondary N) is 1. The van der Waals surface area contributed by atoms with Crippen molar-refractivity contribution in [3.63, 3.8) is 0 Å². The van der Waals surface area contributed by atoms with Gasteiger partial charge in [0.15, 0.2) is 5.92 Å². The zero-order valence-corrected chi connectivity index (χ0v) is 13.6. The van der Waals surface area contributed by atoms with Gasteiger partial charge in [-0.1, -0.05) is 30.3 Å². The number of furan rings is 1. The zero-order chi connectivity index (χ0) is 17.8. The highest BCUT2D eigenvalue weighted by Crippen LogP contribution is 2.16. The Labute approximate surface area is 144 Å². The third-order valence-corrected chi connectivity index (χ3v) is 3.92. The molecule has 2 heterocycles. The van der Waals surface area contributed by atoms with Crippen LogP contribution in [0.2, 0.25) is 0 Å². The first-order valence-corrected chi connectivity index (χ1v) is 7.79. The first kappa shape index (κ1) is 16.6. The van der Waals surface area contributed by atoms with Crippen LogP contribution in [0.3, 0.4) is 0 Å². The van der Waals surface area contributed by atoms with Crippen LogP contribution in [0, 0.1) is 5.92 Å². The molecular weight excluding hydrogens is 322 g/mol. The van der Waals surface area contributed by atoms with Gasteiger partial charge in [-0.15, -0.1) is 0 Å². The van der Waals surface area contributed by atoms with Gasteiger partial charge >= 0.3 is 6.03 Å². The molecule has 7 heteroatoms. The van der Waals surface area contributed by atoms with Crippen LogP contribution >= 0.6 is 0 Å². The zero-order valence-electron chi connectivity index (χ0n) is 13.6. The maximum absolute atomic E-state index is 12.7. The van der Waals surface area contributed by atoms with Gasteiger partial charge in [-0.2, -0.15) is 0 Å². The summed E-state index contributed by atoms with van der Waals surface area (Å²) < 4.78 is 5.19. The SMILES string of the molecule is CC(=NCc1ccco1)C1C(=O)NC(=O)N(Cc2ccccc2)C1=O. The smallest absolute Gasteiger partial charge is 0.331 e. The number of carbonyl (C=O) groups is 3. The van der Waals surface area contributed by atoms with Crippen LogP contribution in [0.25, 0.3) is 0 Å². The van der Waals surface area contributed by atoms with E-state index in [0.29, 0.717) is 11.5 Å². The fraction of sp³-hybridized carbons (Fsp3) is 0.222. The lowest BCUT2D eigenvalue weighted by Gasteiger charge is -2.30. The monoisotopic (exact) mass is 339 g/mol. The van der Waals surface area contributed by atoms with Gasteiger partial charge in [-0.3, -0.25) is 24.8 Å². The average molecular weight is 339 g/mol. The first-order chi connectivity index (χ1) is 12.1. The van der Waals surface area contributed by atoms with E-state index in [-0.39, 0.29) is 13.1 Å². The van der Waals surface area contributed by atoms with Gasteiger partial charge in [0.25, 0.3) is 0 Å². The van der Waals surface area contributed by atoms with Crippen molar-refractivity contribution >= 4 is 23.6 Å². The molecule has 0 bridgehead atoms. The number of nitrogens with zero attached hydrogens (tertiary/aromatic N) is 2. The van der Waals surface area contributed by atoms with E-state index >= 15 is 0 Å². The molecule has 1 atom stereocenters. The van der Waals surface area contributed by atoms with Crippen molar-refractivity contribution in [3.05, 3.63) is 60.1 Å². The largest absolute Gasteiger partial charge is 0.467 e. The van der Waals surface area contributed by atoms with Crippen LogP contribution < -0.4 is 5.32 Å². The van der Waals surface area contributed by atoms with Gasteiger partial charge in [0, 0.05) is 5.71 Å². The molecule has 1 N–H and O–H groups in total. The molecular formula is C18H17N3O4. The minimum Gasteiger partial charge on any atom is -0.467 e. The Morgan fingerprint density at radius 3 is 2.60 bits per heavy atom. The molecule has 1 aromatic carbocycles. The Hall–Kier alpha value is -3.22. The number of barbiturate groups is 1. The van der Waals surface area contributed by atoms with Gasteiger partial charge in [0.2, 0.25) is 11.8 Å². The predicted molar refractivity (Wildman–Crippen MR) is 89.5 cm³/mol. The van der Waals surface area contributed by atoms with Gasteiger partial charge in [0.1, 0.15) is 5.76 Å². The summed E-state index contributed by atoms with van der Waals surface area (Å²) in [7, 11) is 0. The number of rotatable bonds is 5. The second-order valence-corrected chi connectivity index (χ2v) is 5.67. The molecule has 0 spiro atoms. The highest BCUT2D eigenvalue weighted by atomic mass is 16.3. The minimum atomic E-state index is -1.11. The van der Waals surface area contributed by atoms with E-state index in [9.17, 15) is 14.4 Å². The van der Waals surface area contributed by atoms with Crippen molar-refractivity contribution in [3.8, 4) is 0 Å². The second-order valence-electron chi connectivity index (χ2n) is 5.67. The molecule has 2 aromatic rings. The fourth-order valence-corrected chi connectivity index (χ4v) is 2.59. The van der Waals surface area contributed by atoms with Crippen molar-refractivity contribution in [1.82, 2.24) is 10.2 Å². The van der Waals surface area contributed by atoms with Crippen LogP contribution in [-0.2, 0) is 22.7 Å². The van der Waals surface area contributed by atoms with Crippen molar-refractivity contribution < 1.29 is 18.8 Å². The quantitative estimate of drug-likeness (QED) is 0.667. The summed E-state index contributed by atoms with van der Waals surface area (Å²) in [4.78, 5) is 42.2. The number of carbonyl (C=O) groups excluding carboxylic acids is 3. The molecule has 1 aliphatic heterocycles. The highest BCUT2D eigenvalue weighted by Gasteiger charge is 2.41. The Morgan fingerprint density at radius 1 is 1.16 bits per heavy atom. The van der Waals surface area contributed by atoms with Gasteiger partial charge in [0.05, 0.1) is 19.4 Å². The van der Waals surface area contributed by atoms with Gasteiger partial charge < -0.3 is 4.42 Å². The number of imide groups is 2. The van der Waals surface area contributed by atoms with Crippen LogP contribution in [0.4, 0.5) is 4.79 Å². The minimum absolute atomic E-state index is 0.0980. The standard InChI is InChI=1S/C18H17N3O4/c1-12(19-10-14-8-5-9-25-14)15-16(22)20-18(24)21(17(15)23)11-13-6-3-2-4-7-13/h2-9,15H,10-11H2,1H3,(H,20,22,24). The number of hydrogen-bond donors (Lipinski definition) is 1. The first-order valence-electron chi connectivity index (χ1n) is 7.79. The van der Waals surface area contributed by atoms with Gasteiger partial charge in [-0.05, 0) is 24.6 Å². The Bertz CT molecular complexity index is 812. The molecule has 7 nitrogen and oxygen atoms in total. The molecule has 1 fully saturated rings. The van der Waals surface area contributed by atoms with Crippen LogP contribution in [0.15, 0.2) is 58.1 Å². The summed E-state index contributed by atoms with van der Waals surface area (Å²) in [5.74, 6) is -1.71. The molecule has 1 unspecified atom stereocenters. The molecule has 0 aliphatic carbocycles. The predicted octanol–water partition coefficient (Wildman–Crippen LogP) is 2.14. The van der Waals surface area contributed by atoms with E-state index in [1.54, 1.807) is 19.1 Å². The van der Waals surface area contributed by atoms with Crippen molar-refractivity contribution in [2.45, 2.75) is 20.0 Å². The summed E-state index contributed by atoms with van der Waals surface area (Å²) in [5, 5.41) is 2.23. The van der Waals surface area contributed by atoms with Crippen LogP contribution in [0.1, 0.15) is 18.2 Å². The molecule has 1 aromatic heterocycles. The lowest BCUT2D eigenvalue weighted by Crippen LogP contribution is -2.59. The van der Waals surface area contributed by atoms with E-state index < -0.39 is 23.8 Å². The number of benzene rings is 1. The lowest BCUT2D eigenvalue weighted by atomic mass is 9.99. The van der Waals surface area contributed by atoms with E-state index in [2.05, 4.69) is 10.3 Å². The normalized spacial score (nSPS) is 18.4. The molecule has 4 amide bonds. The van der Waals surface area contributed by atoms with Crippen molar-refractivity contribution in [2.24, 2.45) is 10.9 Å². The Balaban J connectivity index is 1.78. The highest BCUT2D eigenvalue weighted by molar-refractivity contribution is 6.27. The summed E-state index contributed by atoms with van der Waals surface area (Å²) in [6.45, 7) is 1.92. The summed E-state index contributed by atoms with van der Waals surface area (Å²) in [6.07, 6.45) is 1.53. The molecule has 0 radical (unpaired) electrons. The molecule has 0 saturated carbocycles. The Kier molecular flexibility index (Phi) is 4.74. The average Bonchev–Trinajstić information content (AvgIpc) is 3.11. The fourth-order valence-electron chi connectivity index (χ4n) is 2.59. The van der Waals surface area contributed by atoms with E-state index in [1.165, 1.54) is 6.26 Å². The Morgan fingerprint density at radius 2 is 1.92 bits per heavy atom. The topological polar surface area (TPSA) is 92.0 Å². The van der Waals surface area contributed by atoms with E-state index in [0.717, 1.165) is 10.5 Å². The molecule has 128 valence electrons.